The second-order valence-corrected chi connectivity index (χ2v) is 5.61. The summed E-state index contributed by atoms with van der Waals surface area (Å²) in [5, 5.41) is 3.66. The van der Waals surface area contributed by atoms with Crippen LogP contribution in [0.25, 0.3) is 0 Å². The van der Waals surface area contributed by atoms with E-state index in [4.69, 9.17) is 4.74 Å². The predicted molar refractivity (Wildman–Crippen MR) is 85.5 cm³/mol. The van der Waals surface area contributed by atoms with Crippen molar-refractivity contribution in [2.24, 2.45) is 5.92 Å². The van der Waals surface area contributed by atoms with Gasteiger partial charge in [-0.05, 0) is 38.4 Å². The molecule has 0 spiro atoms. The quantitative estimate of drug-likeness (QED) is 0.829. The van der Waals surface area contributed by atoms with Gasteiger partial charge in [0, 0.05) is 37.3 Å². The number of anilines is 1. The first-order chi connectivity index (χ1) is 9.76. The van der Waals surface area contributed by atoms with Crippen LogP contribution in [0.3, 0.4) is 0 Å². The second kappa shape index (κ2) is 7.65. The molecule has 1 fully saturated rings. The van der Waals surface area contributed by atoms with E-state index >= 15 is 0 Å². The molecule has 1 aromatic rings. The van der Waals surface area contributed by atoms with E-state index in [1.807, 2.05) is 0 Å². The van der Waals surface area contributed by atoms with Crippen LogP contribution >= 0.6 is 0 Å². The van der Waals surface area contributed by atoms with Gasteiger partial charge >= 0.3 is 0 Å². The highest BCUT2D eigenvalue weighted by atomic mass is 16.5. The fraction of sp³-hybridized carbons (Fsp3) is 0.647. The number of nitrogens with one attached hydrogen (secondary N) is 1. The standard InChI is InChI=1S/C17H28N2O/c1-4-18-16(15-10-11-20-13-15)12-19(5-2)17-9-7-6-8-14(17)3/h6-9,15-16,18H,4-5,10-13H2,1-3H3. The monoisotopic (exact) mass is 276 g/mol. The first-order valence-corrected chi connectivity index (χ1v) is 7.88. The lowest BCUT2D eigenvalue weighted by atomic mass is 9.98. The summed E-state index contributed by atoms with van der Waals surface area (Å²) in [6.07, 6.45) is 1.18. The maximum absolute atomic E-state index is 5.57. The van der Waals surface area contributed by atoms with Crippen LogP contribution in [-0.2, 0) is 4.74 Å². The van der Waals surface area contributed by atoms with Crippen LogP contribution in [0, 0.1) is 12.8 Å². The lowest BCUT2D eigenvalue weighted by molar-refractivity contribution is 0.177. The van der Waals surface area contributed by atoms with Gasteiger partial charge in [-0.3, -0.25) is 0 Å². The zero-order valence-electron chi connectivity index (χ0n) is 13.1. The Kier molecular flexibility index (Phi) is 5.86. The number of aryl methyl sites for hydroxylation is 1. The fourth-order valence-electron chi connectivity index (χ4n) is 3.07. The van der Waals surface area contributed by atoms with E-state index in [1.54, 1.807) is 0 Å². The molecule has 1 aromatic carbocycles. The van der Waals surface area contributed by atoms with Crippen LogP contribution < -0.4 is 10.2 Å². The second-order valence-electron chi connectivity index (χ2n) is 5.61. The zero-order valence-corrected chi connectivity index (χ0v) is 13.1. The highest BCUT2D eigenvalue weighted by Gasteiger charge is 2.26. The Hall–Kier alpha value is -1.06. The van der Waals surface area contributed by atoms with Gasteiger partial charge in [-0.2, -0.15) is 0 Å². The molecule has 0 saturated carbocycles. The summed E-state index contributed by atoms with van der Waals surface area (Å²) in [4.78, 5) is 2.49. The maximum atomic E-state index is 5.57. The molecule has 1 heterocycles. The molecule has 3 heteroatoms. The summed E-state index contributed by atoms with van der Waals surface area (Å²) < 4.78 is 5.57. The number of para-hydroxylation sites is 1. The van der Waals surface area contributed by atoms with Crippen LogP contribution in [0.1, 0.15) is 25.8 Å². The molecule has 3 nitrogen and oxygen atoms in total. The van der Waals surface area contributed by atoms with Crippen molar-refractivity contribution in [3.63, 3.8) is 0 Å². The first kappa shape index (κ1) is 15.3. The molecule has 2 atom stereocenters. The van der Waals surface area contributed by atoms with Crippen molar-refractivity contribution in [3.8, 4) is 0 Å². The van der Waals surface area contributed by atoms with Gasteiger partial charge in [-0.15, -0.1) is 0 Å². The lowest BCUT2D eigenvalue weighted by Gasteiger charge is -2.32. The minimum atomic E-state index is 0.516. The van der Waals surface area contributed by atoms with Crippen molar-refractivity contribution < 1.29 is 4.74 Å². The normalized spacial score (nSPS) is 20.1. The van der Waals surface area contributed by atoms with Gasteiger partial charge in [0.1, 0.15) is 0 Å². The summed E-state index contributed by atoms with van der Waals surface area (Å²) in [7, 11) is 0. The van der Waals surface area contributed by atoms with Crippen molar-refractivity contribution in [3.05, 3.63) is 29.8 Å². The van der Waals surface area contributed by atoms with E-state index in [0.717, 1.165) is 32.8 Å². The van der Waals surface area contributed by atoms with Crippen LogP contribution in [-0.4, -0.2) is 38.9 Å². The molecular weight excluding hydrogens is 248 g/mol. The van der Waals surface area contributed by atoms with E-state index in [9.17, 15) is 0 Å². The third-order valence-corrected chi connectivity index (χ3v) is 4.26. The van der Waals surface area contributed by atoms with Gasteiger partial charge in [0.05, 0.1) is 6.61 Å². The SMILES string of the molecule is CCNC(CN(CC)c1ccccc1C)C1CCOC1. The van der Waals surface area contributed by atoms with E-state index < -0.39 is 0 Å². The first-order valence-electron chi connectivity index (χ1n) is 7.88. The van der Waals surface area contributed by atoms with E-state index in [2.05, 4.69) is 55.3 Å². The fourth-order valence-corrected chi connectivity index (χ4v) is 3.07. The van der Waals surface area contributed by atoms with Crippen LogP contribution in [0.4, 0.5) is 5.69 Å². The number of likely N-dealkylation sites (N-methyl/N-ethyl adjacent to an activating group) is 2. The van der Waals surface area contributed by atoms with Crippen LogP contribution in [0.15, 0.2) is 24.3 Å². The number of ether oxygens (including phenoxy) is 1. The van der Waals surface area contributed by atoms with Crippen molar-refractivity contribution in [2.75, 3.05) is 37.7 Å². The van der Waals surface area contributed by atoms with Crippen molar-refractivity contribution in [2.45, 2.75) is 33.2 Å². The predicted octanol–water partition coefficient (Wildman–Crippen LogP) is 2.84. The van der Waals surface area contributed by atoms with E-state index in [0.29, 0.717) is 12.0 Å². The van der Waals surface area contributed by atoms with Crippen LogP contribution in [0.2, 0.25) is 0 Å². The zero-order chi connectivity index (χ0) is 14.4. The van der Waals surface area contributed by atoms with Crippen LogP contribution in [0.5, 0.6) is 0 Å². The number of rotatable bonds is 7. The number of hydrogen-bond acceptors (Lipinski definition) is 3. The Labute approximate surface area is 123 Å². The molecule has 2 rings (SSSR count). The molecular formula is C17H28N2O. The summed E-state index contributed by atoms with van der Waals surface area (Å²) in [5.41, 5.74) is 2.71. The Bertz CT molecular complexity index is 402. The molecule has 0 aliphatic carbocycles. The van der Waals surface area contributed by atoms with Crippen molar-refractivity contribution >= 4 is 5.69 Å². The Morgan fingerprint density at radius 2 is 2.15 bits per heavy atom. The summed E-state index contributed by atoms with van der Waals surface area (Å²) >= 11 is 0. The third kappa shape index (κ3) is 3.74. The number of nitrogens with zero attached hydrogens (tertiary/aromatic N) is 1. The van der Waals surface area contributed by atoms with E-state index in [-0.39, 0.29) is 0 Å². The summed E-state index contributed by atoms with van der Waals surface area (Å²) in [6.45, 7) is 11.6. The van der Waals surface area contributed by atoms with Gasteiger partial charge < -0.3 is 15.0 Å². The molecule has 1 saturated heterocycles. The topological polar surface area (TPSA) is 24.5 Å². The van der Waals surface area contributed by atoms with Crippen molar-refractivity contribution in [1.29, 1.82) is 0 Å². The Balaban J connectivity index is 2.08. The highest BCUT2D eigenvalue weighted by molar-refractivity contribution is 5.53. The molecule has 2 unspecified atom stereocenters. The summed E-state index contributed by atoms with van der Waals surface area (Å²) in [6, 6.07) is 9.18. The molecule has 0 aromatic heterocycles. The average Bonchev–Trinajstić information content (AvgIpc) is 2.98. The van der Waals surface area contributed by atoms with Gasteiger partial charge in [-0.1, -0.05) is 25.1 Å². The summed E-state index contributed by atoms with van der Waals surface area (Å²) in [5.74, 6) is 0.646. The Morgan fingerprint density at radius 1 is 1.35 bits per heavy atom. The molecule has 112 valence electrons. The lowest BCUT2D eigenvalue weighted by Crippen LogP contribution is -2.46. The number of hydrogen-bond donors (Lipinski definition) is 1. The van der Waals surface area contributed by atoms with Gasteiger partial charge in [0.2, 0.25) is 0 Å². The molecule has 20 heavy (non-hydrogen) atoms. The highest BCUT2D eigenvalue weighted by Crippen LogP contribution is 2.23. The van der Waals surface area contributed by atoms with Crippen molar-refractivity contribution in [1.82, 2.24) is 5.32 Å². The van der Waals surface area contributed by atoms with E-state index in [1.165, 1.54) is 17.7 Å². The maximum Gasteiger partial charge on any atom is 0.0510 e. The minimum Gasteiger partial charge on any atom is -0.381 e. The smallest absolute Gasteiger partial charge is 0.0510 e. The Morgan fingerprint density at radius 3 is 2.75 bits per heavy atom. The van der Waals surface area contributed by atoms with Gasteiger partial charge in [-0.25, -0.2) is 0 Å². The molecule has 1 aliphatic rings. The molecule has 0 radical (unpaired) electrons. The molecule has 1 aliphatic heterocycles. The molecule has 1 N–H and O–H groups in total. The average molecular weight is 276 g/mol. The largest absolute Gasteiger partial charge is 0.381 e. The third-order valence-electron chi connectivity index (χ3n) is 4.26. The molecule has 0 bridgehead atoms. The number of benzene rings is 1. The molecule has 0 amide bonds. The van der Waals surface area contributed by atoms with Gasteiger partial charge in [0.15, 0.2) is 0 Å². The van der Waals surface area contributed by atoms with Gasteiger partial charge in [0.25, 0.3) is 0 Å². The minimum absolute atomic E-state index is 0.516.